The summed E-state index contributed by atoms with van der Waals surface area (Å²) in [5, 5.41) is 4.07. The minimum atomic E-state index is -0.322. The molecular formula is C22H18FN5O3. The molecule has 156 valence electrons. The van der Waals surface area contributed by atoms with Gasteiger partial charge in [0.05, 0.1) is 18.0 Å². The molecule has 0 atom stereocenters. The summed E-state index contributed by atoms with van der Waals surface area (Å²) in [7, 11) is 0. The molecule has 4 aromatic rings. The molecule has 8 nitrogen and oxygen atoms in total. The largest absolute Gasteiger partial charge is 0.471 e. The van der Waals surface area contributed by atoms with Gasteiger partial charge >= 0.3 is 0 Å². The van der Waals surface area contributed by atoms with Crippen LogP contribution in [0.15, 0.2) is 59.5 Å². The zero-order valence-corrected chi connectivity index (χ0v) is 16.7. The third kappa shape index (κ3) is 3.54. The fraction of sp³-hybridized carbons (Fsp3) is 0.182. The summed E-state index contributed by atoms with van der Waals surface area (Å²) in [6.07, 6.45) is 4.89. The zero-order chi connectivity index (χ0) is 21.4. The molecule has 1 amide bonds. The lowest BCUT2D eigenvalue weighted by Crippen LogP contribution is -2.40. The molecule has 0 spiro atoms. The van der Waals surface area contributed by atoms with E-state index in [4.69, 9.17) is 9.26 Å². The van der Waals surface area contributed by atoms with E-state index in [9.17, 15) is 9.18 Å². The Labute approximate surface area is 176 Å². The molecule has 0 N–H and O–H groups in total. The van der Waals surface area contributed by atoms with Crippen molar-refractivity contribution in [2.24, 2.45) is 0 Å². The maximum absolute atomic E-state index is 13.2. The molecule has 0 unspecified atom stereocenters. The van der Waals surface area contributed by atoms with Crippen LogP contribution in [0.25, 0.3) is 11.3 Å². The Bertz CT molecular complexity index is 1230. The number of carbonyl (C=O) groups is 1. The van der Waals surface area contributed by atoms with Crippen molar-refractivity contribution < 1.29 is 18.4 Å². The number of fused-ring (bicyclic) bond motifs is 1. The van der Waals surface area contributed by atoms with Crippen molar-refractivity contribution in [3.63, 3.8) is 0 Å². The molecule has 0 aliphatic carbocycles. The molecule has 3 aromatic heterocycles. The van der Waals surface area contributed by atoms with Crippen LogP contribution < -0.4 is 9.64 Å². The summed E-state index contributed by atoms with van der Waals surface area (Å²) >= 11 is 0. The summed E-state index contributed by atoms with van der Waals surface area (Å²) in [5.41, 5.74) is 2.68. The van der Waals surface area contributed by atoms with E-state index < -0.39 is 0 Å². The maximum atomic E-state index is 13.2. The van der Waals surface area contributed by atoms with Gasteiger partial charge in [-0.3, -0.25) is 9.69 Å². The number of anilines is 1. The molecule has 0 bridgehead atoms. The van der Waals surface area contributed by atoms with Crippen LogP contribution in [0.4, 0.5) is 10.2 Å². The zero-order valence-electron chi connectivity index (χ0n) is 16.7. The molecule has 0 radical (unpaired) electrons. The summed E-state index contributed by atoms with van der Waals surface area (Å²) < 4.78 is 26.2. The van der Waals surface area contributed by atoms with Crippen molar-refractivity contribution in [1.29, 1.82) is 0 Å². The van der Waals surface area contributed by atoms with Crippen LogP contribution in [0, 0.1) is 12.7 Å². The SMILES string of the molecule is Cc1onc(-c2ccc(F)cc2)c1COc1cnc(N2CCn3cccc3C2=O)cn1. The van der Waals surface area contributed by atoms with Gasteiger partial charge in [-0.2, -0.15) is 0 Å². The van der Waals surface area contributed by atoms with Crippen molar-refractivity contribution in [3.8, 4) is 17.1 Å². The number of aryl methyl sites for hydroxylation is 1. The Morgan fingerprint density at radius 1 is 1.13 bits per heavy atom. The lowest BCUT2D eigenvalue weighted by atomic mass is 10.1. The molecule has 0 saturated heterocycles. The van der Waals surface area contributed by atoms with E-state index in [0.29, 0.717) is 41.9 Å². The van der Waals surface area contributed by atoms with Crippen molar-refractivity contribution >= 4 is 11.7 Å². The van der Waals surface area contributed by atoms with Crippen LogP contribution in [0.5, 0.6) is 5.88 Å². The average molecular weight is 419 g/mol. The van der Waals surface area contributed by atoms with Gasteiger partial charge in [0.1, 0.15) is 29.6 Å². The first-order valence-electron chi connectivity index (χ1n) is 9.73. The van der Waals surface area contributed by atoms with E-state index in [1.807, 2.05) is 16.8 Å². The number of rotatable bonds is 5. The number of aromatic nitrogens is 4. The first-order chi connectivity index (χ1) is 15.1. The fourth-order valence-electron chi connectivity index (χ4n) is 3.53. The Hall–Kier alpha value is -4.01. The van der Waals surface area contributed by atoms with Crippen LogP contribution in [0.2, 0.25) is 0 Å². The van der Waals surface area contributed by atoms with Crippen molar-refractivity contribution in [2.75, 3.05) is 11.4 Å². The number of benzene rings is 1. The average Bonchev–Trinajstić information content (AvgIpc) is 3.41. The number of ether oxygens (including phenoxy) is 1. The van der Waals surface area contributed by atoms with Crippen LogP contribution in [0.1, 0.15) is 21.8 Å². The van der Waals surface area contributed by atoms with Gasteiger partial charge < -0.3 is 13.8 Å². The van der Waals surface area contributed by atoms with Gasteiger partial charge in [0.25, 0.3) is 5.91 Å². The van der Waals surface area contributed by atoms with Crippen LogP contribution in [-0.4, -0.2) is 32.1 Å². The van der Waals surface area contributed by atoms with Crippen LogP contribution in [-0.2, 0) is 13.2 Å². The highest BCUT2D eigenvalue weighted by Gasteiger charge is 2.26. The van der Waals surface area contributed by atoms with Gasteiger partial charge in [0.2, 0.25) is 5.88 Å². The van der Waals surface area contributed by atoms with Gasteiger partial charge in [-0.15, -0.1) is 0 Å². The second-order valence-corrected chi connectivity index (χ2v) is 7.12. The molecule has 0 fully saturated rings. The topological polar surface area (TPSA) is 86.3 Å². The predicted octanol–water partition coefficient (Wildman–Crippen LogP) is 3.62. The summed E-state index contributed by atoms with van der Waals surface area (Å²) in [6.45, 7) is 3.17. The highest BCUT2D eigenvalue weighted by Crippen LogP contribution is 2.27. The molecule has 1 aromatic carbocycles. The van der Waals surface area contributed by atoms with E-state index >= 15 is 0 Å². The van der Waals surface area contributed by atoms with Crippen molar-refractivity contribution in [3.05, 3.63) is 77.8 Å². The normalized spacial score (nSPS) is 13.4. The number of nitrogens with zero attached hydrogens (tertiary/aromatic N) is 5. The second-order valence-electron chi connectivity index (χ2n) is 7.12. The van der Waals surface area contributed by atoms with Crippen molar-refractivity contribution in [2.45, 2.75) is 20.1 Å². The number of halogens is 1. The highest BCUT2D eigenvalue weighted by molar-refractivity contribution is 6.05. The van der Waals surface area contributed by atoms with Gasteiger partial charge in [-0.1, -0.05) is 5.16 Å². The minimum absolute atomic E-state index is 0.108. The molecule has 9 heteroatoms. The van der Waals surface area contributed by atoms with Gasteiger partial charge in [-0.05, 0) is 43.3 Å². The Balaban J connectivity index is 1.30. The second kappa shape index (κ2) is 7.67. The maximum Gasteiger partial charge on any atom is 0.276 e. The fourth-order valence-corrected chi connectivity index (χ4v) is 3.53. The van der Waals surface area contributed by atoms with Gasteiger partial charge in [-0.25, -0.2) is 14.4 Å². The van der Waals surface area contributed by atoms with Crippen LogP contribution >= 0.6 is 0 Å². The third-order valence-corrected chi connectivity index (χ3v) is 5.22. The Morgan fingerprint density at radius 2 is 1.97 bits per heavy atom. The number of hydrogen-bond donors (Lipinski definition) is 0. The molecule has 5 rings (SSSR count). The van der Waals surface area contributed by atoms with Gasteiger partial charge in [0, 0.05) is 24.8 Å². The smallest absolute Gasteiger partial charge is 0.276 e. The highest BCUT2D eigenvalue weighted by atomic mass is 19.1. The molecule has 0 saturated carbocycles. The van der Waals surface area contributed by atoms with Gasteiger partial charge in [0.15, 0.2) is 5.82 Å². The van der Waals surface area contributed by atoms with E-state index in [-0.39, 0.29) is 18.3 Å². The van der Waals surface area contributed by atoms with E-state index in [0.717, 1.165) is 11.1 Å². The minimum Gasteiger partial charge on any atom is -0.471 e. The van der Waals surface area contributed by atoms with E-state index in [1.54, 1.807) is 30.0 Å². The Morgan fingerprint density at radius 3 is 2.74 bits per heavy atom. The third-order valence-electron chi connectivity index (χ3n) is 5.22. The molecule has 1 aliphatic heterocycles. The molecular weight excluding hydrogens is 401 g/mol. The first-order valence-corrected chi connectivity index (χ1v) is 9.73. The number of hydrogen-bond acceptors (Lipinski definition) is 6. The van der Waals surface area contributed by atoms with E-state index in [2.05, 4.69) is 15.1 Å². The first kappa shape index (κ1) is 19.0. The quantitative estimate of drug-likeness (QED) is 0.491. The summed E-state index contributed by atoms with van der Waals surface area (Å²) in [6, 6.07) is 9.65. The molecule has 1 aliphatic rings. The summed E-state index contributed by atoms with van der Waals surface area (Å²) in [4.78, 5) is 22.9. The van der Waals surface area contributed by atoms with E-state index in [1.165, 1.54) is 24.5 Å². The Kier molecular flexibility index (Phi) is 4.70. The monoisotopic (exact) mass is 419 g/mol. The summed E-state index contributed by atoms with van der Waals surface area (Å²) in [5.74, 6) is 0.951. The predicted molar refractivity (Wildman–Crippen MR) is 109 cm³/mol. The molecule has 31 heavy (non-hydrogen) atoms. The standard InChI is InChI=1S/C22H18FN5O3/c1-14-17(21(26-31-14)15-4-6-16(23)7-5-15)13-30-20-12-24-19(11-25-20)28-10-9-27-8-2-3-18(27)22(28)29/h2-8,11-12H,9-10,13H2,1H3. The van der Waals surface area contributed by atoms with Crippen LogP contribution in [0.3, 0.4) is 0 Å². The number of amides is 1. The lowest BCUT2D eigenvalue weighted by molar-refractivity contribution is 0.0964. The lowest BCUT2D eigenvalue weighted by Gasteiger charge is -2.27. The van der Waals surface area contributed by atoms with Crippen molar-refractivity contribution in [1.82, 2.24) is 19.7 Å². The molecule has 4 heterocycles. The number of carbonyl (C=O) groups excluding carboxylic acids is 1.